The third-order valence-corrected chi connectivity index (χ3v) is 2.03. The van der Waals surface area contributed by atoms with Gasteiger partial charge in [0.2, 0.25) is 0 Å². The second kappa shape index (κ2) is 13.1. The molecule has 0 saturated heterocycles. The van der Waals surface area contributed by atoms with Crippen molar-refractivity contribution >= 4 is 11.9 Å². The monoisotopic (exact) mass is 261 g/mol. The molecule has 0 unspecified atom stereocenters. The molecular formula is C11H16Na2O4. The Morgan fingerprint density at radius 2 is 1.65 bits per heavy atom. The molecule has 0 heterocycles. The largest absolute Gasteiger partial charge is 1.00 e. The van der Waals surface area contributed by atoms with Gasteiger partial charge in [-0.25, -0.2) is 0 Å². The van der Waals surface area contributed by atoms with E-state index in [9.17, 15) is 19.8 Å². The van der Waals surface area contributed by atoms with Crippen LogP contribution in [0, 0.1) is 0 Å². The van der Waals surface area contributed by atoms with Gasteiger partial charge in [0.05, 0.1) is 11.9 Å². The van der Waals surface area contributed by atoms with Crippen molar-refractivity contribution < 1.29 is 83.0 Å². The van der Waals surface area contributed by atoms with Gasteiger partial charge in [-0.2, -0.15) is 0 Å². The van der Waals surface area contributed by atoms with Crippen LogP contribution in [0.2, 0.25) is 0 Å². The van der Waals surface area contributed by atoms with Crippen molar-refractivity contribution in [3.05, 3.63) is 11.1 Å². The molecule has 86 valence electrons. The minimum absolute atomic E-state index is 0. The third kappa shape index (κ3) is 10.3. The summed E-state index contributed by atoms with van der Waals surface area (Å²) in [7, 11) is 0. The molecule has 6 heteroatoms. The zero-order valence-electron chi connectivity index (χ0n) is 13.7. The van der Waals surface area contributed by atoms with Crippen molar-refractivity contribution in [1.29, 1.82) is 0 Å². The van der Waals surface area contributed by atoms with Crippen LogP contribution in [-0.4, -0.2) is 11.9 Å². The molecule has 17 heavy (non-hydrogen) atoms. The average molecular weight is 261 g/mol. The van der Waals surface area contributed by atoms with Crippen LogP contribution < -0.4 is 69.3 Å². The Balaban J connectivity index is -0.00000144. The Morgan fingerprint density at radius 3 is 2.00 bits per heavy atom. The van der Waals surface area contributed by atoms with Crippen molar-refractivity contribution in [2.75, 3.05) is 0 Å². The molecule has 0 saturated carbocycles. The summed E-state index contributed by atoms with van der Waals surface area (Å²) in [5, 5.41) is 21.6. The summed E-state index contributed by atoms with van der Waals surface area (Å²) in [5.74, 6) is -3.74. The SMILES string of the molecule is [2H]C([2H])([2H])/C(C(=O)[O-])=C(\CCCCCC)C(=O)[O-].[Na+].[Na+]. The van der Waals surface area contributed by atoms with Gasteiger partial charge in [-0.15, -0.1) is 0 Å². The van der Waals surface area contributed by atoms with Crippen molar-refractivity contribution in [3.63, 3.8) is 0 Å². The van der Waals surface area contributed by atoms with E-state index in [0.717, 1.165) is 12.8 Å². The molecule has 0 bridgehead atoms. The van der Waals surface area contributed by atoms with Gasteiger partial charge in [0.25, 0.3) is 0 Å². The fourth-order valence-corrected chi connectivity index (χ4v) is 1.18. The van der Waals surface area contributed by atoms with Crippen molar-refractivity contribution in [2.45, 2.75) is 45.9 Å². The Kier molecular flexibility index (Phi) is 12.1. The molecule has 0 N–H and O–H groups in total. The van der Waals surface area contributed by atoms with Gasteiger partial charge in [0.1, 0.15) is 0 Å². The number of carboxylic acid groups (broad SMARTS) is 2. The number of hydrogen-bond acceptors (Lipinski definition) is 4. The standard InChI is InChI=1S/C11H18O4.2Na/c1-3-4-5-6-7-9(11(14)15)8(2)10(12)13;;/h3-7H2,1-2H3,(H,12,13)(H,14,15);;/q;2*+1/p-2/b9-8-;;/i2D3;;. The van der Waals surface area contributed by atoms with Crippen LogP contribution in [0.15, 0.2) is 11.1 Å². The summed E-state index contributed by atoms with van der Waals surface area (Å²) < 4.78 is 21.1. The van der Waals surface area contributed by atoms with E-state index < -0.39 is 29.9 Å². The van der Waals surface area contributed by atoms with Crippen LogP contribution in [0.4, 0.5) is 0 Å². The quantitative estimate of drug-likeness (QED) is 0.259. The van der Waals surface area contributed by atoms with Crippen LogP contribution in [0.3, 0.4) is 0 Å². The number of rotatable bonds is 7. The molecule has 4 nitrogen and oxygen atoms in total. The van der Waals surface area contributed by atoms with Gasteiger partial charge < -0.3 is 19.8 Å². The Hall–Kier alpha value is 0.680. The number of carbonyl (C=O) groups is 2. The maximum atomic E-state index is 10.8. The van der Waals surface area contributed by atoms with Gasteiger partial charge in [0, 0.05) is 4.11 Å². The molecule has 0 aliphatic rings. The molecule has 0 fully saturated rings. The molecule has 0 aromatic carbocycles. The predicted octanol–water partition coefficient (Wildman–Crippen LogP) is -6.22. The molecule has 0 rings (SSSR count). The molecule has 0 radical (unpaired) electrons. The molecule has 0 spiro atoms. The zero-order valence-corrected chi connectivity index (χ0v) is 14.7. The van der Waals surface area contributed by atoms with E-state index in [2.05, 4.69) is 0 Å². The Labute approximate surface area is 151 Å². The fourth-order valence-electron chi connectivity index (χ4n) is 1.18. The third-order valence-electron chi connectivity index (χ3n) is 2.03. The van der Waals surface area contributed by atoms with E-state index in [1.165, 1.54) is 0 Å². The minimum atomic E-state index is -3.01. The van der Waals surface area contributed by atoms with Crippen LogP contribution in [0.5, 0.6) is 0 Å². The first-order chi connectivity index (χ1) is 8.21. The predicted molar refractivity (Wildman–Crippen MR) is 51.5 cm³/mol. The smallest absolute Gasteiger partial charge is 0.545 e. The summed E-state index contributed by atoms with van der Waals surface area (Å²) >= 11 is 0. The number of unbranched alkanes of at least 4 members (excludes halogenated alkanes) is 3. The normalized spacial score (nSPS) is 14.1. The average Bonchev–Trinajstić information content (AvgIpc) is 2.19. The van der Waals surface area contributed by atoms with Gasteiger partial charge in [0.15, 0.2) is 0 Å². The number of carboxylic acids is 2. The van der Waals surface area contributed by atoms with Gasteiger partial charge >= 0.3 is 59.1 Å². The molecule has 0 aliphatic carbocycles. The first-order valence-corrected chi connectivity index (χ1v) is 4.88. The van der Waals surface area contributed by atoms with Crippen molar-refractivity contribution in [2.24, 2.45) is 0 Å². The minimum Gasteiger partial charge on any atom is -0.545 e. The van der Waals surface area contributed by atoms with Crippen LogP contribution >= 0.6 is 0 Å². The van der Waals surface area contributed by atoms with Gasteiger partial charge in [-0.05, 0) is 30.8 Å². The first-order valence-electron chi connectivity index (χ1n) is 6.38. The molecule has 0 aromatic heterocycles. The Bertz CT molecular complexity index is 354. The first kappa shape index (κ1) is 15.7. The topological polar surface area (TPSA) is 80.3 Å². The van der Waals surface area contributed by atoms with Gasteiger partial charge in [-0.3, -0.25) is 0 Å². The van der Waals surface area contributed by atoms with E-state index in [4.69, 9.17) is 4.11 Å². The maximum absolute atomic E-state index is 10.8. The summed E-state index contributed by atoms with van der Waals surface area (Å²) in [6.07, 6.45) is 2.77. The molecule has 0 amide bonds. The van der Waals surface area contributed by atoms with Crippen LogP contribution in [-0.2, 0) is 9.59 Å². The molecule has 0 atom stereocenters. The Morgan fingerprint density at radius 1 is 1.06 bits per heavy atom. The molecule has 0 aliphatic heterocycles. The number of hydrogen-bond donors (Lipinski definition) is 0. The van der Waals surface area contributed by atoms with Gasteiger partial charge in [-0.1, -0.05) is 26.2 Å². The van der Waals surface area contributed by atoms with E-state index >= 15 is 0 Å². The van der Waals surface area contributed by atoms with E-state index in [-0.39, 0.29) is 65.5 Å². The van der Waals surface area contributed by atoms with E-state index in [1.807, 2.05) is 6.92 Å². The zero-order chi connectivity index (χ0) is 14.3. The van der Waals surface area contributed by atoms with Crippen molar-refractivity contribution in [1.82, 2.24) is 0 Å². The summed E-state index contributed by atoms with van der Waals surface area (Å²) in [6, 6.07) is 0. The van der Waals surface area contributed by atoms with E-state index in [0.29, 0.717) is 12.8 Å². The van der Waals surface area contributed by atoms with Crippen LogP contribution in [0.1, 0.15) is 50.0 Å². The number of aliphatic carboxylic acids is 2. The second-order valence-corrected chi connectivity index (χ2v) is 3.24. The summed E-state index contributed by atoms with van der Waals surface area (Å²) in [4.78, 5) is 21.6. The summed E-state index contributed by atoms with van der Waals surface area (Å²) in [6.45, 7) is -1.05. The molecule has 0 aromatic rings. The fraction of sp³-hybridized carbons (Fsp3) is 0.636. The molecular weight excluding hydrogens is 242 g/mol. The van der Waals surface area contributed by atoms with E-state index in [1.54, 1.807) is 0 Å². The number of carbonyl (C=O) groups excluding carboxylic acids is 2. The maximum Gasteiger partial charge on any atom is 1.00 e. The van der Waals surface area contributed by atoms with Crippen molar-refractivity contribution in [3.8, 4) is 0 Å². The van der Waals surface area contributed by atoms with Crippen LogP contribution in [0.25, 0.3) is 0 Å². The second-order valence-electron chi connectivity index (χ2n) is 3.24. The summed E-state index contributed by atoms with van der Waals surface area (Å²) in [5.41, 5.74) is -1.84.